The number of carbonyl (C=O) groups is 1. The van der Waals surface area contributed by atoms with E-state index in [1.165, 1.54) is 51.4 Å². The minimum absolute atomic E-state index is 0.290. The fourth-order valence-electron chi connectivity index (χ4n) is 4.22. The van der Waals surface area contributed by atoms with Gasteiger partial charge in [0.2, 0.25) is 5.91 Å². The molecule has 7 heteroatoms. The molecule has 0 bridgehead atoms. The van der Waals surface area contributed by atoms with E-state index in [-0.39, 0.29) is 12.3 Å². The van der Waals surface area contributed by atoms with Crippen molar-refractivity contribution in [1.82, 2.24) is 5.32 Å². The summed E-state index contributed by atoms with van der Waals surface area (Å²) < 4.78 is 5.29. The normalized spacial score (nSPS) is 23.3. The lowest BCUT2D eigenvalue weighted by molar-refractivity contribution is -0.236. The number of aliphatic hydroxyl groups excluding tert-OH is 4. The van der Waals surface area contributed by atoms with Gasteiger partial charge in [-0.3, -0.25) is 4.79 Å². The third-order valence-corrected chi connectivity index (χ3v) is 6.55. The van der Waals surface area contributed by atoms with Gasteiger partial charge in [-0.15, -0.1) is 0 Å². The third kappa shape index (κ3) is 14.8. The lowest BCUT2D eigenvalue weighted by atomic mass is 9.98. The van der Waals surface area contributed by atoms with Crippen LogP contribution in [0.4, 0.5) is 0 Å². The molecule has 0 radical (unpaired) electrons. The van der Waals surface area contributed by atoms with Crippen molar-refractivity contribution in [3.63, 3.8) is 0 Å². The number of ether oxygens (including phenoxy) is 1. The highest BCUT2D eigenvalue weighted by atomic mass is 16.6. The number of aliphatic hydroxyl groups is 4. The van der Waals surface area contributed by atoms with E-state index in [2.05, 4.69) is 35.9 Å². The summed E-state index contributed by atoms with van der Waals surface area (Å²) in [7, 11) is 0. The molecule has 0 aromatic carbocycles. The number of hydrogen-bond acceptors (Lipinski definition) is 6. The van der Waals surface area contributed by atoms with Gasteiger partial charge in [0.1, 0.15) is 24.4 Å². The van der Waals surface area contributed by atoms with Gasteiger partial charge in [-0.1, -0.05) is 89.4 Å². The third-order valence-electron chi connectivity index (χ3n) is 6.55. The van der Waals surface area contributed by atoms with Gasteiger partial charge < -0.3 is 30.5 Å². The maximum Gasteiger partial charge on any atom is 0.222 e. The summed E-state index contributed by atoms with van der Waals surface area (Å²) in [5.74, 6) is 11.9. The fraction of sp³-hybridized carbons (Fsp3) is 0.828. The highest BCUT2D eigenvalue weighted by Gasteiger charge is 2.43. The van der Waals surface area contributed by atoms with Gasteiger partial charge in [-0.2, -0.15) is 0 Å². The largest absolute Gasteiger partial charge is 0.394 e. The Morgan fingerprint density at radius 2 is 1.22 bits per heavy atom. The average molecular weight is 508 g/mol. The number of unbranched alkanes of at least 4 members (excludes halogenated alkanes) is 14. The molecule has 1 rings (SSSR count). The smallest absolute Gasteiger partial charge is 0.222 e. The van der Waals surface area contributed by atoms with Crippen LogP contribution in [0.2, 0.25) is 0 Å². The summed E-state index contributed by atoms with van der Waals surface area (Å²) in [6.07, 6.45) is 12.1. The van der Waals surface area contributed by atoms with Crippen molar-refractivity contribution in [1.29, 1.82) is 0 Å². The van der Waals surface area contributed by atoms with Crippen molar-refractivity contribution < 1.29 is 30.0 Å². The first-order valence-electron chi connectivity index (χ1n) is 14.1. The van der Waals surface area contributed by atoms with Crippen molar-refractivity contribution in [2.45, 2.75) is 147 Å². The molecular formula is C29H49NO6. The number of amides is 1. The van der Waals surface area contributed by atoms with Gasteiger partial charge in [0.05, 0.1) is 6.61 Å². The molecule has 0 aromatic rings. The number of carbonyl (C=O) groups excluding carboxylic acids is 1. The number of rotatable bonds is 18. The van der Waals surface area contributed by atoms with E-state index in [1.54, 1.807) is 0 Å². The van der Waals surface area contributed by atoms with Gasteiger partial charge in [0.25, 0.3) is 0 Å². The molecule has 206 valence electrons. The molecule has 5 atom stereocenters. The predicted octanol–water partition coefficient (Wildman–Crippen LogP) is 3.56. The molecule has 36 heavy (non-hydrogen) atoms. The molecule has 1 aliphatic rings. The van der Waals surface area contributed by atoms with Crippen molar-refractivity contribution in [2.24, 2.45) is 0 Å². The van der Waals surface area contributed by atoms with Crippen LogP contribution in [0.3, 0.4) is 0 Å². The summed E-state index contributed by atoms with van der Waals surface area (Å²) in [6.45, 7) is 1.73. The van der Waals surface area contributed by atoms with E-state index in [0.717, 1.165) is 51.4 Å². The number of hydrogen-bond donors (Lipinski definition) is 5. The van der Waals surface area contributed by atoms with Crippen LogP contribution in [0.15, 0.2) is 0 Å². The van der Waals surface area contributed by atoms with E-state index in [0.29, 0.717) is 0 Å². The fourth-order valence-corrected chi connectivity index (χ4v) is 4.22. The van der Waals surface area contributed by atoms with Crippen molar-refractivity contribution in [3.05, 3.63) is 0 Å². The minimum atomic E-state index is -1.49. The molecule has 1 heterocycles. The quantitative estimate of drug-likeness (QED) is 0.143. The average Bonchev–Trinajstić information content (AvgIpc) is 2.87. The Bertz CT molecular complexity index is 689. The lowest BCUT2D eigenvalue weighted by Crippen LogP contribution is -2.63. The van der Waals surface area contributed by atoms with Gasteiger partial charge >= 0.3 is 0 Å². The van der Waals surface area contributed by atoms with Crippen LogP contribution >= 0.6 is 0 Å². The first-order valence-corrected chi connectivity index (χ1v) is 14.1. The maximum atomic E-state index is 12.1. The van der Waals surface area contributed by atoms with Crippen molar-refractivity contribution in [3.8, 4) is 23.7 Å². The van der Waals surface area contributed by atoms with Crippen LogP contribution in [0.1, 0.15) is 116 Å². The Morgan fingerprint density at radius 1 is 0.722 bits per heavy atom. The van der Waals surface area contributed by atoms with Crippen molar-refractivity contribution >= 4 is 5.91 Å². The van der Waals surface area contributed by atoms with Crippen LogP contribution in [0.5, 0.6) is 0 Å². The Hall–Kier alpha value is -1.61. The van der Waals surface area contributed by atoms with Crippen LogP contribution in [-0.4, -0.2) is 63.6 Å². The molecule has 7 nitrogen and oxygen atoms in total. The van der Waals surface area contributed by atoms with Gasteiger partial charge in [0.15, 0.2) is 6.23 Å². The van der Waals surface area contributed by atoms with Crippen LogP contribution in [0.25, 0.3) is 0 Å². The molecule has 1 amide bonds. The standard InChI is InChI=1S/C29H49NO6/c1-2-3-4-5-6-7-8-9-10-11-12-13-14-15-16-17-18-19-20-21-22-25(32)30-29-28(35)27(34)26(33)24(23-31)36-29/h24,26-29,31,33-35H,2-10,15-23H2,1H3,(H,30,32)/t24-,26-,27+,28-,29-/m1/s1. The van der Waals surface area contributed by atoms with E-state index in [4.69, 9.17) is 4.74 Å². The summed E-state index contributed by atoms with van der Waals surface area (Å²) in [5, 5.41) is 41.2. The molecule has 0 spiro atoms. The Kier molecular flexibility index (Phi) is 19.3. The van der Waals surface area contributed by atoms with Crippen molar-refractivity contribution in [2.75, 3.05) is 6.61 Å². The molecule has 0 aliphatic carbocycles. The minimum Gasteiger partial charge on any atom is -0.394 e. The van der Waals surface area contributed by atoms with E-state index < -0.39 is 37.3 Å². The first-order chi connectivity index (χ1) is 17.5. The second-order valence-corrected chi connectivity index (χ2v) is 9.77. The molecule has 1 fully saturated rings. The van der Waals surface area contributed by atoms with Gasteiger partial charge in [-0.25, -0.2) is 0 Å². The molecule has 5 N–H and O–H groups in total. The SMILES string of the molecule is CCCCCCCCCCC#CC#CCCCCCCCCC(=O)N[C@@H]1O[C@H](CO)[C@@H](O)[C@H](O)[C@H]1O. The Morgan fingerprint density at radius 3 is 1.75 bits per heavy atom. The molecule has 0 aromatic heterocycles. The molecule has 1 aliphatic heterocycles. The predicted molar refractivity (Wildman–Crippen MR) is 142 cm³/mol. The zero-order valence-corrected chi connectivity index (χ0v) is 22.2. The molecule has 1 saturated heterocycles. The summed E-state index contributed by atoms with van der Waals surface area (Å²) in [5.41, 5.74) is 0. The number of nitrogens with one attached hydrogen (secondary N) is 1. The molecule has 0 saturated carbocycles. The van der Waals surface area contributed by atoms with Crippen LogP contribution < -0.4 is 5.32 Å². The van der Waals surface area contributed by atoms with Crippen LogP contribution in [0, 0.1) is 23.7 Å². The van der Waals surface area contributed by atoms with E-state index in [1.807, 2.05) is 0 Å². The van der Waals surface area contributed by atoms with E-state index >= 15 is 0 Å². The Labute approximate surface area is 218 Å². The highest BCUT2D eigenvalue weighted by Crippen LogP contribution is 2.20. The summed E-state index contributed by atoms with van der Waals surface area (Å²) in [4.78, 5) is 12.1. The molecule has 0 unspecified atom stereocenters. The van der Waals surface area contributed by atoms with E-state index in [9.17, 15) is 25.2 Å². The van der Waals surface area contributed by atoms with Gasteiger partial charge in [-0.05, 0) is 31.1 Å². The first kappa shape index (κ1) is 32.4. The zero-order chi connectivity index (χ0) is 26.4. The molecular weight excluding hydrogens is 458 g/mol. The highest BCUT2D eigenvalue weighted by molar-refractivity contribution is 5.76. The Balaban J connectivity index is 1.96. The lowest BCUT2D eigenvalue weighted by Gasteiger charge is -2.40. The zero-order valence-electron chi connectivity index (χ0n) is 22.2. The topological polar surface area (TPSA) is 119 Å². The maximum absolute atomic E-state index is 12.1. The van der Waals surface area contributed by atoms with Crippen LogP contribution in [-0.2, 0) is 9.53 Å². The summed E-state index contributed by atoms with van der Waals surface area (Å²) >= 11 is 0. The van der Waals surface area contributed by atoms with Gasteiger partial charge in [0, 0.05) is 19.3 Å². The second-order valence-electron chi connectivity index (χ2n) is 9.77. The second kappa shape index (κ2) is 21.5. The summed E-state index contributed by atoms with van der Waals surface area (Å²) in [6, 6.07) is 0. The monoisotopic (exact) mass is 507 g/mol.